The Hall–Kier alpha value is -2.65. The third kappa shape index (κ3) is 2.91. The summed E-state index contributed by atoms with van der Waals surface area (Å²) in [6.45, 7) is 0. The van der Waals surface area contributed by atoms with Crippen LogP contribution in [0.5, 0.6) is 5.75 Å². The first-order valence-corrected chi connectivity index (χ1v) is 7.97. The number of hydrogen-bond donors (Lipinski definition) is 1. The molecular formula is C14H13ClN6O2S. The van der Waals surface area contributed by atoms with Crippen molar-refractivity contribution in [2.75, 3.05) is 12.8 Å². The molecule has 8 nitrogen and oxygen atoms in total. The number of tetrazole rings is 1. The number of hydrogen-bond acceptors (Lipinski definition) is 7. The highest BCUT2D eigenvalue weighted by atomic mass is 35.5. The minimum Gasteiger partial charge on any atom is -0.496 e. The van der Waals surface area contributed by atoms with Crippen molar-refractivity contribution in [3.8, 4) is 11.4 Å². The molecule has 0 atom stereocenters. The maximum atomic E-state index is 12.1. The normalized spacial score (nSPS) is 11.3. The maximum absolute atomic E-state index is 12.1. The number of thiazole rings is 1. The van der Waals surface area contributed by atoms with Gasteiger partial charge in [-0.1, -0.05) is 17.7 Å². The van der Waals surface area contributed by atoms with Crippen LogP contribution in [-0.4, -0.2) is 31.9 Å². The number of anilines is 1. The summed E-state index contributed by atoms with van der Waals surface area (Å²) in [5, 5.41) is 8.24. The standard InChI is InChI=1S/C14H13ClN6O2S/c1-20-14(22)21(19-18-20)9-4-3-5-10(23-2)8(9)6-7-11-17-13(16)12(15)24-11/h3-7H,16H2,1-2H3/b7-6+. The van der Waals surface area contributed by atoms with Gasteiger partial charge in [-0.3, -0.25) is 0 Å². The highest BCUT2D eigenvalue weighted by Crippen LogP contribution is 2.30. The number of nitrogens with zero attached hydrogens (tertiary/aromatic N) is 5. The van der Waals surface area contributed by atoms with Crippen molar-refractivity contribution in [2.45, 2.75) is 0 Å². The Bertz CT molecular complexity index is 955. The van der Waals surface area contributed by atoms with Crippen molar-refractivity contribution in [3.63, 3.8) is 0 Å². The van der Waals surface area contributed by atoms with E-state index in [1.54, 1.807) is 37.5 Å². The van der Waals surface area contributed by atoms with Crippen molar-refractivity contribution in [2.24, 2.45) is 7.05 Å². The van der Waals surface area contributed by atoms with Gasteiger partial charge in [0.1, 0.15) is 15.1 Å². The highest BCUT2D eigenvalue weighted by molar-refractivity contribution is 7.17. The summed E-state index contributed by atoms with van der Waals surface area (Å²) in [6.07, 6.45) is 3.51. The van der Waals surface area contributed by atoms with Crippen LogP contribution in [0.4, 0.5) is 5.82 Å². The summed E-state index contributed by atoms with van der Waals surface area (Å²) in [5.41, 5.74) is 6.49. The molecule has 0 saturated carbocycles. The lowest BCUT2D eigenvalue weighted by Crippen LogP contribution is -2.22. The number of nitrogen functional groups attached to an aromatic ring is 1. The fourth-order valence-electron chi connectivity index (χ4n) is 2.08. The van der Waals surface area contributed by atoms with E-state index in [9.17, 15) is 4.79 Å². The number of aromatic nitrogens is 5. The predicted octanol–water partition coefficient (Wildman–Crippen LogP) is 1.84. The molecule has 0 aliphatic carbocycles. The monoisotopic (exact) mass is 364 g/mol. The average molecular weight is 365 g/mol. The number of nitrogens with two attached hydrogens (primary N) is 1. The molecule has 0 spiro atoms. The van der Waals surface area contributed by atoms with Crippen molar-refractivity contribution in [1.82, 2.24) is 24.8 Å². The Balaban J connectivity index is 2.12. The van der Waals surface area contributed by atoms with Crippen molar-refractivity contribution in [1.29, 1.82) is 0 Å². The van der Waals surface area contributed by atoms with Gasteiger partial charge in [-0.15, -0.1) is 11.3 Å². The summed E-state index contributed by atoms with van der Waals surface area (Å²) in [5.74, 6) is 0.864. The molecule has 124 valence electrons. The molecular weight excluding hydrogens is 352 g/mol. The first-order valence-electron chi connectivity index (χ1n) is 6.77. The number of benzene rings is 1. The maximum Gasteiger partial charge on any atom is 0.368 e. The van der Waals surface area contributed by atoms with Gasteiger partial charge in [-0.2, -0.15) is 9.36 Å². The second-order valence-electron chi connectivity index (χ2n) is 4.73. The van der Waals surface area contributed by atoms with Crippen LogP contribution in [0.2, 0.25) is 4.34 Å². The van der Waals surface area contributed by atoms with Gasteiger partial charge >= 0.3 is 5.69 Å². The van der Waals surface area contributed by atoms with Gasteiger partial charge in [0, 0.05) is 12.6 Å². The molecule has 1 aromatic carbocycles. The summed E-state index contributed by atoms with van der Waals surface area (Å²) in [4.78, 5) is 16.3. The van der Waals surface area contributed by atoms with Gasteiger partial charge < -0.3 is 10.5 Å². The lowest BCUT2D eigenvalue weighted by Gasteiger charge is -2.09. The molecule has 0 aliphatic heterocycles. The van der Waals surface area contributed by atoms with Gasteiger partial charge in [0.05, 0.1) is 12.8 Å². The quantitative estimate of drug-likeness (QED) is 0.758. The minimum absolute atomic E-state index is 0.284. The fourth-order valence-corrected chi connectivity index (χ4v) is 2.98. The van der Waals surface area contributed by atoms with Crippen molar-refractivity contribution >= 4 is 40.9 Å². The summed E-state index contributed by atoms with van der Waals surface area (Å²) < 4.78 is 8.16. The van der Waals surface area contributed by atoms with Gasteiger partial charge in [-0.05, 0) is 34.7 Å². The van der Waals surface area contributed by atoms with E-state index >= 15 is 0 Å². The third-order valence-corrected chi connectivity index (χ3v) is 4.48. The van der Waals surface area contributed by atoms with Crippen LogP contribution in [0, 0.1) is 0 Å². The molecule has 0 aliphatic rings. The Morgan fingerprint density at radius 3 is 2.71 bits per heavy atom. The third-order valence-electron chi connectivity index (χ3n) is 3.23. The highest BCUT2D eigenvalue weighted by Gasteiger charge is 2.13. The van der Waals surface area contributed by atoms with Crippen molar-refractivity contribution < 1.29 is 4.74 Å². The van der Waals surface area contributed by atoms with Crippen LogP contribution in [0.1, 0.15) is 10.6 Å². The van der Waals surface area contributed by atoms with E-state index in [4.69, 9.17) is 22.1 Å². The minimum atomic E-state index is -0.362. The van der Waals surface area contributed by atoms with E-state index < -0.39 is 0 Å². The first kappa shape index (κ1) is 16.2. The largest absolute Gasteiger partial charge is 0.496 e. The topological polar surface area (TPSA) is 101 Å². The molecule has 2 aromatic heterocycles. The molecule has 3 aromatic rings. The molecule has 2 N–H and O–H groups in total. The van der Waals surface area contributed by atoms with Gasteiger partial charge in [-0.25, -0.2) is 9.78 Å². The molecule has 0 fully saturated rings. The van der Waals surface area contributed by atoms with E-state index in [0.717, 1.165) is 4.68 Å². The van der Waals surface area contributed by atoms with E-state index in [0.29, 0.717) is 26.3 Å². The van der Waals surface area contributed by atoms with Gasteiger partial charge in [0.15, 0.2) is 5.82 Å². The molecule has 0 unspecified atom stereocenters. The van der Waals surface area contributed by atoms with Gasteiger partial charge in [0.2, 0.25) is 0 Å². The first-order chi connectivity index (χ1) is 11.5. The van der Waals surface area contributed by atoms with Crippen LogP contribution >= 0.6 is 22.9 Å². The number of ether oxygens (including phenoxy) is 1. The zero-order chi connectivity index (χ0) is 17.3. The van der Waals surface area contributed by atoms with Crippen LogP contribution in [-0.2, 0) is 7.05 Å². The fraction of sp³-hybridized carbons (Fsp3) is 0.143. The van der Waals surface area contributed by atoms with E-state index in [1.807, 2.05) is 0 Å². The van der Waals surface area contributed by atoms with Gasteiger partial charge in [0.25, 0.3) is 0 Å². The van der Waals surface area contributed by atoms with E-state index in [-0.39, 0.29) is 11.5 Å². The van der Waals surface area contributed by atoms with E-state index in [2.05, 4.69) is 15.4 Å². The van der Waals surface area contributed by atoms with Crippen LogP contribution in [0.3, 0.4) is 0 Å². The molecule has 0 bridgehead atoms. The molecule has 24 heavy (non-hydrogen) atoms. The summed E-state index contributed by atoms with van der Waals surface area (Å²) in [6, 6.07) is 5.31. The Labute approximate surface area is 145 Å². The molecule has 0 radical (unpaired) electrons. The molecule has 3 rings (SSSR count). The molecule has 0 amide bonds. The lowest BCUT2D eigenvalue weighted by atomic mass is 10.1. The smallest absolute Gasteiger partial charge is 0.368 e. The number of halogens is 1. The summed E-state index contributed by atoms with van der Waals surface area (Å²) in [7, 11) is 3.08. The molecule has 0 saturated heterocycles. The van der Waals surface area contributed by atoms with E-state index in [1.165, 1.54) is 23.1 Å². The molecule has 2 heterocycles. The number of methoxy groups -OCH3 is 1. The predicted molar refractivity (Wildman–Crippen MR) is 93.6 cm³/mol. The summed E-state index contributed by atoms with van der Waals surface area (Å²) >= 11 is 7.18. The zero-order valence-electron chi connectivity index (χ0n) is 12.8. The van der Waals surface area contributed by atoms with Crippen LogP contribution in [0.15, 0.2) is 23.0 Å². The Morgan fingerprint density at radius 1 is 1.33 bits per heavy atom. The second kappa shape index (κ2) is 6.46. The second-order valence-corrected chi connectivity index (χ2v) is 6.37. The Morgan fingerprint density at radius 2 is 2.12 bits per heavy atom. The Kier molecular flexibility index (Phi) is 4.36. The SMILES string of the molecule is COc1cccc(-n2nnn(C)c2=O)c1/C=C/c1nc(N)c(Cl)s1. The van der Waals surface area contributed by atoms with Crippen LogP contribution < -0.4 is 16.2 Å². The average Bonchev–Trinajstić information content (AvgIpc) is 3.07. The number of aryl methyl sites for hydroxylation is 1. The van der Waals surface area contributed by atoms with Crippen molar-refractivity contribution in [3.05, 3.63) is 43.6 Å². The zero-order valence-corrected chi connectivity index (χ0v) is 14.4. The lowest BCUT2D eigenvalue weighted by molar-refractivity contribution is 0.413. The molecule has 10 heteroatoms. The van der Waals surface area contributed by atoms with Crippen LogP contribution in [0.25, 0.3) is 17.8 Å². The number of rotatable bonds is 4.